The average molecular weight is 472 g/mol. The van der Waals surface area contributed by atoms with E-state index >= 15 is 0 Å². The third-order valence-corrected chi connectivity index (χ3v) is 5.86. The first kappa shape index (κ1) is 23.9. The molecule has 178 valence electrons. The Labute approximate surface area is 203 Å². The summed E-state index contributed by atoms with van der Waals surface area (Å²) in [4.78, 5) is 51.3. The van der Waals surface area contributed by atoms with Gasteiger partial charge in [0.25, 0.3) is 0 Å². The lowest BCUT2D eigenvalue weighted by Crippen LogP contribution is -2.28. The quantitative estimate of drug-likeness (QED) is 0.277. The van der Waals surface area contributed by atoms with Crippen LogP contribution in [-0.2, 0) is 20.7 Å². The zero-order chi connectivity index (χ0) is 24.8. The molecule has 1 saturated heterocycles. The van der Waals surface area contributed by atoms with Gasteiger partial charge in [0.2, 0.25) is 5.91 Å². The number of ether oxygens (including phenoxy) is 2. The minimum Gasteiger partial charge on any atom is -0.457 e. The topological polar surface area (TPSA) is 90.0 Å². The second-order valence-corrected chi connectivity index (χ2v) is 8.20. The molecule has 1 heterocycles. The van der Waals surface area contributed by atoms with Crippen LogP contribution < -0.4 is 9.64 Å². The summed E-state index contributed by atoms with van der Waals surface area (Å²) in [7, 11) is 0. The van der Waals surface area contributed by atoms with E-state index in [1.165, 1.54) is 24.3 Å². The first-order valence-corrected chi connectivity index (χ1v) is 11.4. The molecule has 1 fully saturated rings. The van der Waals surface area contributed by atoms with Gasteiger partial charge in [-0.3, -0.25) is 14.4 Å². The second kappa shape index (κ2) is 10.8. The van der Waals surface area contributed by atoms with E-state index in [0.717, 1.165) is 17.7 Å². The molecule has 0 aromatic heterocycles. The standard InChI is InChI=1S/C28H25NO6/c1-2-19-8-6-7-11-24(19)29-17-22(16-26(29)31)27(32)34-18-25(30)20-12-14-23(15-13-20)35-28(33)21-9-4-3-5-10-21/h3-15,22H,2,16-18H2,1H3/t22-/m1/s1. The molecule has 1 atom stereocenters. The summed E-state index contributed by atoms with van der Waals surface area (Å²) in [6.45, 7) is 1.80. The number of aryl methyl sites for hydroxylation is 1. The number of benzene rings is 3. The van der Waals surface area contributed by atoms with E-state index in [1.54, 1.807) is 35.2 Å². The first-order valence-electron chi connectivity index (χ1n) is 11.4. The Balaban J connectivity index is 1.30. The average Bonchev–Trinajstić information content (AvgIpc) is 3.29. The van der Waals surface area contributed by atoms with E-state index < -0.39 is 30.2 Å². The molecule has 1 aliphatic rings. The highest BCUT2D eigenvalue weighted by Gasteiger charge is 2.37. The predicted octanol–water partition coefficient (Wildman–Crippen LogP) is 4.25. The minimum atomic E-state index is -0.625. The maximum absolute atomic E-state index is 12.6. The summed E-state index contributed by atoms with van der Waals surface area (Å²) < 4.78 is 10.5. The Hall–Kier alpha value is -4.26. The number of para-hydroxylation sites is 1. The number of hydrogen-bond acceptors (Lipinski definition) is 6. The molecule has 3 aromatic rings. The molecule has 1 amide bonds. The van der Waals surface area contributed by atoms with Gasteiger partial charge in [-0.2, -0.15) is 0 Å². The highest BCUT2D eigenvalue weighted by molar-refractivity contribution is 6.01. The Morgan fingerprint density at radius 1 is 0.886 bits per heavy atom. The third-order valence-electron chi connectivity index (χ3n) is 5.86. The summed E-state index contributed by atoms with van der Waals surface area (Å²) >= 11 is 0. The summed E-state index contributed by atoms with van der Waals surface area (Å²) in [5, 5.41) is 0. The monoisotopic (exact) mass is 471 g/mol. The second-order valence-electron chi connectivity index (χ2n) is 8.20. The van der Waals surface area contributed by atoms with Gasteiger partial charge in [-0.05, 0) is 54.4 Å². The van der Waals surface area contributed by atoms with Crippen molar-refractivity contribution >= 4 is 29.3 Å². The number of amides is 1. The smallest absolute Gasteiger partial charge is 0.343 e. The molecule has 0 N–H and O–H groups in total. The van der Waals surface area contributed by atoms with Crippen LogP contribution in [0.25, 0.3) is 0 Å². The highest BCUT2D eigenvalue weighted by atomic mass is 16.5. The van der Waals surface area contributed by atoms with Crippen LogP contribution in [0.15, 0.2) is 78.9 Å². The van der Waals surface area contributed by atoms with Gasteiger partial charge in [-0.15, -0.1) is 0 Å². The molecule has 0 aliphatic carbocycles. The van der Waals surface area contributed by atoms with Crippen LogP contribution in [0.5, 0.6) is 5.75 Å². The number of esters is 2. The fourth-order valence-corrected chi connectivity index (χ4v) is 3.96. The summed E-state index contributed by atoms with van der Waals surface area (Å²) in [6.07, 6.45) is 0.820. The Bertz CT molecular complexity index is 1240. The molecule has 0 radical (unpaired) electrons. The summed E-state index contributed by atoms with van der Waals surface area (Å²) in [5.41, 5.74) is 2.57. The fraction of sp³-hybridized carbons (Fsp3) is 0.214. The molecule has 35 heavy (non-hydrogen) atoms. The Morgan fingerprint density at radius 3 is 2.29 bits per heavy atom. The predicted molar refractivity (Wildman–Crippen MR) is 129 cm³/mol. The van der Waals surface area contributed by atoms with E-state index in [1.807, 2.05) is 31.2 Å². The number of carbonyl (C=O) groups excluding carboxylic acids is 4. The summed E-state index contributed by atoms with van der Waals surface area (Å²) in [5.74, 6) is -1.93. The molecular formula is C28H25NO6. The van der Waals surface area contributed by atoms with Gasteiger partial charge in [-0.25, -0.2) is 4.79 Å². The SMILES string of the molecule is CCc1ccccc1N1C[C@H](C(=O)OCC(=O)c2ccc(OC(=O)c3ccccc3)cc2)CC1=O. The zero-order valence-corrected chi connectivity index (χ0v) is 19.3. The number of ketones is 1. The number of nitrogens with zero attached hydrogens (tertiary/aromatic N) is 1. The summed E-state index contributed by atoms with van der Waals surface area (Å²) in [6, 6.07) is 22.2. The van der Waals surface area contributed by atoms with Crippen molar-refractivity contribution in [2.75, 3.05) is 18.1 Å². The maximum Gasteiger partial charge on any atom is 0.343 e. The van der Waals surface area contributed by atoms with E-state index in [4.69, 9.17) is 9.47 Å². The van der Waals surface area contributed by atoms with E-state index in [-0.39, 0.29) is 18.9 Å². The van der Waals surface area contributed by atoms with E-state index in [9.17, 15) is 19.2 Å². The van der Waals surface area contributed by atoms with Gasteiger partial charge < -0.3 is 14.4 Å². The lowest BCUT2D eigenvalue weighted by atomic mass is 10.1. The van der Waals surface area contributed by atoms with Gasteiger partial charge in [0.15, 0.2) is 12.4 Å². The van der Waals surface area contributed by atoms with Crippen LogP contribution in [0, 0.1) is 5.92 Å². The molecule has 3 aromatic carbocycles. The number of carbonyl (C=O) groups is 4. The number of anilines is 1. The number of hydrogen-bond donors (Lipinski definition) is 0. The molecule has 1 aliphatic heterocycles. The van der Waals surface area contributed by atoms with Gasteiger partial charge in [0.05, 0.1) is 11.5 Å². The van der Waals surface area contributed by atoms with Crippen molar-refractivity contribution in [3.63, 3.8) is 0 Å². The van der Waals surface area contributed by atoms with Crippen molar-refractivity contribution in [1.82, 2.24) is 0 Å². The van der Waals surface area contributed by atoms with Crippen LogP contribution in [0.1, 0.15) is 39.6 Å². The van der Waals surface area contributed by atoms with Crippen molar-refractivity contribution in [2.24, 2.45) is 5.92 Å². The van der Waals surface area contributed by atoms with Crippen molar-refractivity contribution in [2.45, 2.75) is 19.8 Å². The van der Waals surface area contributed by atoms with E-state index in [0.29, 0.717) is 16.9 Å². The van der Waals surface area contributed by atoms with Gasteiger partial charge >= 0.3 is 11.9 Å². The molecule has 0 spiro atoms. The maximum atomic E-state index is 12.6. The van der Waals surface area contributed by atoms with Crippen molar-refractivity contribution < 1.29 is 28.7 Å². The number of rotatable bonds is 8. The largest absolute Gasteiger partial charge is 0.457 e. The van der Waals surface area contributed by atoms with Gasteiger partial charge in [-0.1, -0.05) is 43.3 Å². The Morgan fingerprint density at radius 2 is 1.57 bits per heavy atom. The van der Waals surface area contributed by atoms with Gasteiger partial charge in [0.1, 0.15) is 5.75 Å². The zero-order valence-electron chi connectivity index (χ0n) is 19.3. The van der Waals surface area contributed by atoms with Crippen molar-refractivity contribution in [3.05, 3.63) is 95.6 Å². The molecule has 7 nitrogen and oxygen atoms in total. The highest BCUT2D eigenvalue weighted by Crippen LogP contribution is 2.29. The molecule has 0 unspecified atom stereocenters. The molecule has 7 heteroatoms. The van der Waals surface area contributed by atoms with E-state index in [2.05, 4.69) is 0 Å². The van der Waals surface area contributed by atoms with Crippen molar-refractivity contribution in [1.29, 1.82) is 0 Å². The molecule has 0 saturated carbocycles. The van der Waals surface area contributed by atoms with Gasteiger partial charge in [0, 0.05) is 24.2 Å². The molecule has 4 rings (SSSR count). The first-order chi connectivity index (χ1) is 17.0. The minimum absolute atomic E-state index is 0.0482. The van der Waals surface area contributed by atoms with Crippen LogP contribution in [0.4, 0.5) is 5.69 Å². The van der Waals surface area contributed by atoms with Crippen LogP contribution >= 0.6 is 0 Å². The third kappa shape index (κ3) is 5.63. The van der Waals surface area contributed by atoms with Crippen LogP contribution in [-0.4, -0.2) is 36.8 Å². The van der Waals surface area contributed by atoms with Crippen LogP contribution in [0.2, 0.25) is 0 Å². The van der Waals surface area contributed by atoms with Crippen molar-refractivity contribution in [3.8, 4) is 5.75 Å². The lowest BCUT2D eigenvalue weighted by molar-refractivity contribution is -0.147. The Kier molecular flexibility index (Phi) is 7.35. The normalized spacial score (nSPS) is 15.1. The fourth-order valence-electron chi connectivity index (χ4n) is 3.96. The molecular weight excluding hydrogens is 446 g/mol. The molecule has 0 bridgehead atoms. The number of Topliss-reactive ketones (excluding diaryl/α,β-unsaturated/α-hetero) is 1. The lowest BCUT2D eigenvalue weighted by Gasteiger charge is -2.19. The van der Waals surface area contributed by atoms with Crippen LogP contribution in [0.3, 0.4) is 0 Å².